The first-order valence-corrected chi connectivity index (χ1v) is 6.47. The summed E-state index contributed by atoms with van der Waals surface area (Å²) < 4.78 is 18.7. The van der Waals surface area contributed by atoms with Gasteiger partial charge in [0, 0.05) is 12.8 Å². The molecule has 5 heteroatoms. The molecule has 2 N–H and O–H groups in total. The molecule has 0 aliphatic rings. The summed E-state index contributed by atoms with van der Waals surface area (Å²) in [6, 6.07) is 6.60. The van der Waals surface area contributed by atoms with Crippen LogP contribution in [-0.2, 0) is 12.8 Å². The monoisotopic (exact) mass is 263 g/mol. The molecule has 1 aromatic carbocycles. The minimum atomic E-state index is -0.248. The SMILES string of the molecule is CCC(CN)Cc1nc(Cc2ccccc2F)no1. The van der Waals surface area contributed by atoms with Crippen LogP contribution in [0.3, 0.4) is 0 Å². The van der Waals surface area contributed by atoms with Crippen molar-refractivity contribution in [3.63, 3.8) is 0 Å². The Bertz CT molecular complexity index is 523. The van der Waals surface area contributed by atoms with Gasteiger partial charge < -0.3 is 10.3 Å². The Morgan fingerprint density at radius 1 is 1.37 bits per heavy atom. The van der Waals surface area contributed by atoms with Gasteiger partial charge in [-0.2, -0.15) is 4.98 Å². The first-order chi connectivity index (χ1) is 9.22. The smallest absolute Gasteiger partial charge is 0.226 e. The van der Waals surface area contributed by atoms with E-state index in [2.05, 4.69) is 17.1 Å². The van der Waals surface area contributed by atoms with Gasteiger partial charge in [0.05, 0.1) is 0 Å². The Morgan fingerprint density at radius 2 is 2.16 bits per heavy atom. The molecule has 1 heterocycles. The molecule has 0 fully saturated rings. The molecule has 0 spiro atoms. The Balaban J connectivity index is 2.03. The topological polar surface area (TPSA) is 64.9 Å². The molecule has 1 unspecified atom stereocenters. The second kappa shape index (κ2) is 6.43. The standard InChI is InChI=1S/C14H18FN3O/c1-2-10(9-16)7-14-17-13(18-19-14)8-11-5-3-4-6-12(11)15/h3-6,10H,2,7-9,16H2,1H3. The van der Waals surface area contributed by atoms with Crippen LogP contribution in [-0.4, -0.2) is 16.7 Å². The molecule has 19 heavy (non-hydrogen) atoms. The predicted octanol–water partition coefficient (Wildman–Crippen LogP) is 2.33. The average Bonchev–Trinajstić information content (AvgIpc) is 2.86. The highest BCUT2D eigenvalue weighted by molar-refractivity contribution is 5.20. The van der Waals surface area contributed by atoms with Gasteiger partial charge in [-0.1, -0.05) is 36.7 Å². The van der Waals surface area contributed by atoms with Crippen LogP contribution in [0.15, 0.2) is 28.8 Å². The zero-order chi connectivity index (χ0) is 13.7. The van der Waals surface area contributed by atoms with E-state index in [4.69, 9.17) is 10.3 Å². The van der Waals surface area contributed by atoms with Crippen LogP contribution in [0.5, 0.6) is 0 Å². The van der Waals surface area contributed by atoms with Crippen molar-refractivity contribution in [2.75, 3.05) is 6.54 Å². The number of halogens is 1. The summed E-state index contributed by atoms with van der Waals surface area (Å²) in [6.45, 7) is 2.68. The van der Waals surface area contributed by atoms with E-state index in [-0.39, 0.29) is 5.82 Å². The first kappa shape index (κ1) is 13.7. The van der Waals surface area contributed by atoms with E-state index >= 15 is 0 Å². The third-order valence-corrected chi connectivity index (χ3v) is 3.19. The number of rotatable bonds is 6. The zero-order valence-corrected chi connectivity index (χ0v) is 11.0. The highest BCUT2D eigenvalue weighted by Crippen LogP contribution is 2.13. The molecule has 2 aromatic rings. The highest BCUT2D eigenvalue weighted by Gasteiger charge is 2.13. The third kappa shape index (κ3) is 3.61. The molecule has 1 aromatic heterocycles. The van der Waals surface area contributed by atoms with Crippen LogP contribution < -0.4 is 5.73 Å². The average molecular weight is 263 g/mol. The van der Waals surface area contributed by atoms with Gasteiger partial charge in [-0.15, -0.1) is 0 Å². The molecule has 2 rings (SSSR count). The lowest BCUT2D eigenvalue weighted by Crippen LogP contribution is -2.16. The van der Waals surface area contributed by atoms with E-state index in [1.54, 1.807) is 18.2 Å². The molecule has 0 aliphatic heterocycles. The minimum Gasteiger partial charge on any atom is -0.339 e. The maximum atomic E-state index is 13.5. The molecule has 0 aliphatic carbocycles. The van der Waals surface area contributed by atoms with Crippen LogP contribution in [0.25, 0.3) is 0 Å². The van der Waals surface area contributed by atoms with Crippen LogP contribution in [0.2, 0.25) is 0 Å². The molecule has 0 bridgehead atoms. The number of nitrogens with zero attached hydrogens (tertiary/aromatic N) is 2. The second-order valence-corrected chi connectivity index (χ2v) is 4.59. The number of hydrogen-bond acceptors (Lipinski definition) is 4. The van der Waals surface area contributed by atoms with Crippen molar-refractivity contribution in [1.82, 2.24) is 10.1 Å². The van der Waals surface area contributed by atoms with Gasteiger partial charge >= 0.3 is 0 Å². The molecule has 4 nitrogen and oxygen atoms in total. The first-order valence-electron chi connectivity index (χ1n) is 6.47. The van der Waals surface area contributed by atoms with Gasteiger partial charge in [0.25, 0.3) is 0 Å². The van der Waals surface area contributed by atoms with E-state index < -0.39 is 0 Å². The molecule has 0 saturated carbocycles. The summed E-state index contributed by atoms with van der Waals surface area (Å²) in [5.41, 5.74) is 6.21. The van der Waals surface area contributed by atoms with Gasteiger partial charge in [0.2, 0.25) is 5.89 Å². The van der Waals surface area contributed by atoms with Crippen LogP contribution in [0.1, 0.15) is 30.6 Å². The second-order valence-electron chi connectivity index (χ2n) is 4.59. The molecular formula is C14H18FN3O. The minimum absolute atomic E-state index is 0.248. The normalized spacial score (nSPS) is 12.6. The summed E-state index contributed by atoms with van der Waals surface area (Å²) in [5, 5.41) is 3.88. The van der Waals surface area contributed by atoms with E-state index in [0.29, 0.717) is 42.6 Å². The summed E-state index contributed by atoms with van der Waals surface area (Å²) in [5.74, 6) is 1.18. The van der Waals surface area contributed by atoms with E-state index in [0.717, 1.165) is 6.42 Å². The number of aromatic nitrogens is 2. The largest absolute Gasteiger partial charge is 0.339 e. The van der Waals surface area contributed by atoms with Crippen molar-refractivity contribution in [2.24, 2.45) is 11.7 Å². The maximum absolute atomic E-state index is 13.5. The Morgan fingerprint density at radius 3 is 2.84 bits per heavy atom. The van der Waals surface area contributed by atoms with Gasteiger partial charge in [0.15, 0.2) is 5.82 Å². The molecular weight excluding hydrogens is 245 g/mol. The molecule has 0 radical (unpaired) electrons. The van der Waals surface area contributed by atoms with Crippen LogP contribution >= 0.6 is 0 Å². The van der Waals surface area contributed by atoms with Crippen molar-refractivity contribution in [3.8, 4) is 0 Å². The summed E-state index contributed by atoms with van der Waals surface area (Å²) in [6.07, 6.45) is 1.99. The summed E-state index contributed by atoms with van der Waals surface area (Å²) >= 11 is 0. The molecule has 0 saturated heterocycles. The summed E-state index contributed by atoms with van der Waals surface area (Å²) in [7, 11) is 0. The fraction of sp³-hybridized carbons (Fsp3) is 0.429. The highest BCUT2D eigenvalue weighted by atomic mass is 19.1. The lowest BCUT2D eigenvalue weighted by Gasteiger charge is -2.07. The maximum Gasteiger partial charge on any atom is 0.226 e. The zero-order valence-electron chi connectivity index (χ0n) is 11.0. The number of benzene rings is 1. The van der Waals surface area contributed by atoms with Crippen LogP contribution in [0, 0.1) is 11.7 Å². The predicted molar refractivity (Wildman–Crippen MR) is 70.0 cm³/mol. The molecule has 102 valence electrons. The number of nitrogens with two attached hydrogens (primary N) is 1. The lowest BCUT2D eigenvalue weighted by molar-refractivity contribution is 0.347. The quantitative estimate of drug-likeness (QED) is 0.868. The van der Waals surface area contributed by atoms with Crippen LogP contribution in [0.4, 0.5) is 4.39 Å². The van der Waals surface area contributed by atoms with Crippen molar-refractivity contribution in [1.29, 1.82) is 0 Å². The van der Waals surface area contributed by atoms with Gasteiger partial charge in [0.1, 0.15) is 5.82 Å². The Kier molecular flexibility index (Phi) is 4.63. The van der Waals surface area contributed by atoms with E-state index in [9.17, 15) is 4.39 Å². The fourth-order valence-electron chi connectivity index (χ4n) is 1.90. The third-order valence-electron chi connectivity index (χ3n) is 3.19. The van der Waals surface area contributed by atoms with Crippen molar-refractivity contribution in [2.45, 2.75) is 26.2 Å². The van der Waals surface area contributed by atoms with Gasteiger partial charge in [-0.3, -0.25) is 0 Å². The van der Waals surface area contributed by atoms with Gasteiger partial charge in [-0.25, -0.2) is 4.39 Å². The number of hydrogen-bond donors (Lipinski definition) is 1. The summed E-state index contributed by atoms with van der Waals surface area (Å²) in [4.78, 5) is 4.28. The Hall–Kier alpha value is -1.75. The van der Waals surface area contributed by atoms with Crippen molar-refractivity contribution < 1.29 is 8.91 Å². The molecule has 1 atom stereocenters. The molecule has 0 amide bonds. The van der Waals surface area contributed by atoms with Crippen molar-refractivity contribution >= 4 is 0 Å². The fourth-order valence-corrected chi connectivity index (χ4v) is 1.90. The van der Waals surface area contributed by atoms with Crippen molar-refractivity contribution in [3.05, 3.63) is 47.4 Å². The van der Waals surface area contributed by atoms with Gasteiger partial charge in [-0.05, 0) is 24.1 Å². The lowest BCUT2D eigenvalue weighted by atomic mass is 10.0. The van der Waals surface area contributed by atoms with E-state index in [1.807, 2.05) is 0 Å². The van der Waals surface area contributed by atoms with E-state index in [1.165, 1.54) is 6.07 Å². The Labute approximate surface area is 111 Å².